The maximum Gasteiger partial charge on any atom is 0.327 e. The average Bonchev–Trinajstić information content (AvgIpc) is 3.77. The van der Waals surface area contributed by atoms with Crippen molar-refractivity contribution in [2.45, 2.75) is 58.0 Å². The number of amides is 1. The first-order valence-corrected chi connectivity index (χ1v) is 18.8. The molecule has 4 N–H and O–H groups in total. The monoisotopic (exact) mass is 756 g/mol. The summed E-state index contributed by atoms with van der Waals surface area (Å²) in [5, 5.41) is 21.4. The van der Waals surface area contributed by atoms with Crippen LogP contribution in [-0.2, 0) is 61.9 Å². The lowest BCUT2D eigenvalue weighted by Gasteiger charge is -2.25. The summed E-state index contributed by atoms with van der Waals surface area (Å²) in [5.74, 6) is -0.632. The van der Waals surface area contributed by atoms with E-state index < -0.39 is 56.9 Å². The van der Waals surface area contributed by atoms with Crippen LogP contribution in [0.1, 0.15) is 32.3 Å². The number of aliphatic hydroxyl groups excluding tert-OH is 1. The summed E-state index contributed by atoms with van der Waals surface area (Å²) in [7, 11) is -2.24. The van der Waals surface area contributed by atoms with Gasteiger partial charge in [-0.3, -0.25) is 33.5 Å². The number of rotatable bonds is 17. The van der Waals surface area contributed by atoms with E-state index in [1.54, 1.807) is 18.4 Å². The maximum absolute atomic E-state index is 12.8. The number of imidazole rings is 2. The van der Waals surface area contributed by atoms with Gasteiger partial charge in [-0.05, 0) is 11.8 Å². The number of anilines is 1. The molecule has 0 radical (unpaired) electrons. The van der Waals surface area contributed by atoms with Gasteiger partial charge in [0, 0.05) is 19.6 Å². The Hall–Kier alpha value is -3.58. The van der Waals surface area contributed by atoms with Crippen LogP contribution in [0, 0.1) is 17.2 Å². The highest BCUT2D eigenvalue weighted by Crippen LogP contribution is 2.51. The third-order valence-electron chi connectivity index (χ3n) is 7.32. The first kappa shape index (κ1) is 37.7. The summed E-state index contributed by atoms with van der Waals surface area (Å²) >= 11 is 5.65. The smallest absolute Gasteiger partial charge is 0.327 e. The van der Waals surface area contributed by atoms with Crippen molar-refractivity contribution in [3.05, 3.63) is 35.0 Å². The molecule has 1 aliphatic rings. The average molecular weight is 757 g/mol. The summed E-state index contributed by atoms with van der Waals surface area (Å²) < 4.78 is 49.8. The van der Waals surface area contributed by atoms with E-state index in [9.17, 15) is 24.2 Å². The van der Waals surface area contributed by atoms with Gasteiger partial charge in [-0.1, -0.05) is 13.8 Å². The minimum atomic E-state index is -3.59. The highest BCUT2D eigenvalue weighted by Gasteiger charge is 2.49. The topological polar surface area (TPSA) is 273 Å². The zero-order chi connectivity index (χ0) is 36.0. The van der Waals surface area contributed by atoms with Crippen LogP contribution >= 0.6 is 15.0 Å². The molecule has 2 unspecified atom stereocenters. The molecule has 50 heavy (non-hydrogen) atoms. The predicted octanol–water partition coefficient (Wildman–Crippen LogP) is 0.914. The fraction of sp³-hybridized carbons (Fsp3) is 0.538. The van der Waals surface area contributed by atoms with Crippen LogP contribution in [0.5, 0.6) is 0 Å². The summed E-state index contributed by atoms with van der Waals surface area (Å²) in [4.78, 5) is 58.2. The molecule has 1 amide bonds. The van der Waals surface area contributed by atoms with Gasteiger partial charge in [-0.25, -0.2) is 19.9 Å². The van der Waals surface area contributed by atoms with Crippen molar-refractivity contribution in [3.8, 4) is 6.07 Å². The minimum absolute atomic E-state index is 0.00824. The molecular formula is C26H34N10O11P2S. The number of hydrogen-bond acceptors (Lipinski definition) is 17. The normalized spacial score (nSPS) is 21.1. The number of nitriles is 1. The van der Waals surface area contributed by atoms with Crippen molar-refractivity contribution in [1.82, 2.24) is 39.0 Å². The molecule has 21 nitrogen and oxygen atoms in total. The zero-order valence-electron chi connectivity index (χ0n) is 26.9. The molecule has 1 saturated heterocycles. The van der Waals surface area contributed by atoms with Crippen molar-refractivity contribution in [3.63, 3.8) is 0 Å². The van der Waals surface area contributed by atoms with Crippen LogP contribution in [0.25, 0.3) is 22.3 Å². The van der Waals surface area contributed by atoms with Gasteiger partial charge in [0.1, 0.15) is 42.6 Å². The second kappa shape index (κ2) is 16.6. The van der Waals surface area contributed by atoms with Crippen LogP contribution in [-0.4, -0.2) is 100 Å². The fourth-order valence-electron chi connectivity index (χ4n) is 5.03. The molecule has 4 aromatic heterocycles. The number of nitrogens with one attached hydrogen (secondary N) is 2. The number of H-pyrrole nitrogens is 1. The molecule has 5 heterocycles. The Morgan fingerprint density at radius 1 is 1.24 bits per heavy atom. The lowest BCUT2D eigenvalue weighted by Crippen LogP contribution is -2.36. The van der Waals surface area contributed by atoms with Gasteiger partial charge < -0.3 is 37.6 Å². The molecule has 0 saturated carbocycles. The Morgan fingerprint density at radius 2 is 2.02 bits per heavy atom. The SMILES string of the molecule is CO[C@H]1[C@@H](O[PH](=O)O)[C@H](n2cnc3c(=O)[nH]c(NC(=O)C(C)C)nc32)O[C@@H]1COP(=S)(OCCC#N)OCCn1c(CO)nc2cncnc21. The molecule has 5 rings (SSSR count). The quantitative estimate of drug-likeness (QED) is 0.0861. The number of aromatic amines is 1. The Kier molecular flexibility index (Phi) is 12.5. The highest BCUT2D eigenvalue weighted by molar-refractivity contribution is 8.07. The van der Waals surface area contributed by atoms with E-state index in [0.29, 0.717) is 17.0 Å². The Morgan fingerprint density at radius 3 is 2.72 bits per heavy atom. The summed E-state index contributed by atoms with van der Waals surface area (Å²) in [6, 6.07) is 1.96. The lowest BCUT2D eigenvalue weighted by molar-refractivity contribution is -0.118. The fourth-order valence-corrected chi connectivity index (χ4v) is 7.32. The van der Waals surface area contributed by atoms with Crippen LogP contribution in [0.2, 0.25) is 0 Å². The van der Waals surface area contributed by atoms with Crippen molar-refractivity contribution >= 4 is 61.0 Å². The number of fused-ring (bicyclic) bond motifs is 2. The summed E-state index contributed by atoms with van der Waals surface area (Å²) in [6.45, 7) is -0.977. The van der Waals surface area contributed by atoms with Crippen molar-refractivity contribution in [2.75, 3.05) is 32.2 Å². The largest absolute Gasteiger partial charge is 0.388 e. The summed E-state index contributed by atoms with van der Waals surface area (Å²) in [6.07, 6.45) is -0.450. The number of hydrogen-bond donors (Lipinski definition) is 4. The van der Waals surface area contributed by atoms with Crippen molar-refractivity contribution in [2.24, 2.45) is 5.92 Å². The third-order valence-corrected chi connectivity index (χ3v) is 10.2. The lowest BCUT2D eigenvalue weighted by atomic mass is 10.1. The van der Waals surface area contributed by atoms with Gasteiger partial charge in [-0.15, -0.1) is 0 Å². The van der Waals surface area contributed by atoms with Crippen LogP contribution in [0.4, 0.5) is 5.95 Å². The van der Waals surface area contributed by atoms with E-state index in [1.807, 2.05) is 6.07 Å². The first-order chi connectivity index (χ1) is 24.0. The van der Waals surface area contributed by atoms with E-state index in [4.69, 9.17) is 44.6 Å². The number of nitrogens with zero attached hydrogens (tertiary/aromatic N) is 8. The zero-order valence-corrected chi connectivity index (χ0v) is 29.6. The van der Waals surface area contributed by atoms with Crippen LogP contribution < -0.4 is 10.9 Å². The Bertz CT molecular complexity index is 2000. The second-order valence-electron chi connectivity index (χ2n) is 10.9. The summed E-state index contributed by atoms with van der Waals surface area (Å²) in [5.41, 5.74) is 0.162. The van der Waals surface area contributed by atoms with Gasteiger partial charge >= 0.3 is 15.0 Å². The number of carbonyl (C=O) groups is 1. The maximum atomic E-state index is 12.8. The molecule has 6 atom stereocenters. The third kappa shape index (κ3) is 8.47. The molecule has 0 aromatic carbocycles. The number of carbonyl (C=O) groups excluding carboxylic acids is 1. The molecule has 0 aliphatic carbocycles. The number of ether oxygens (including phenoxy) is 2. The van der Waals surface area contributed by atoms with Crippen molar-refractivity contribution < 1.29 is 46.9 Å². The highest BCUT2D eigenvalue weighted by atomic mass is 32.5. The van der Waals surface area contributed by atoms with E-state index in [1.165, 1.54) is 30.5 Å². The molecule has 24 heteroatoms. The van der Waals surface area contributed by atoms with Crippen LogP contribution in [0.3, 0.4) is 0 Å². The van der Waals surface area contributed by atoms with E-state index in [0.717, 1.165) is 0 Å². The number of aromatic nitrogens is 8. The number of aliphatic hydroxyl groups is 1. The van der Waals surface area contributed by atoms with Crippen LogP contribution in [0.15, 0.2) is 23.6 Å². The first-order valence-electron chi connectivity index (χ1n) is 15.0. The number of methoxy groups -OCH3 is 1. The van der Waals surface area contributed by atoms with Gasteiger partial charge in [0.2, 0.25) is 11.9 Å². The predicted molar refractivity (Wildman–Crippen MR) is 176 cm³/mol. The Labute approximate surface area is 289 Å². The molecular weight excluding hydrogens is 722 g/mol. The molecule has 270 valence electrons. The standard InChI is InChI=1S/C26H34N10O11P2S/c1-14(2)23(38)33-26-32-22-18(24(39)34-26)30-13-36(22)25-20(47-48(40)41)19(42-3)16(46-25)11-45-49(50,43-7-4-5-27)44-8-6-35-17(10-37)31-15-9-28-12-29-21(15)35/h9,12-14,16,19-20,25,37,48H,4,6-8,10-11H2,1-3H3,(H,40,41)(H2,32,33,34,38,39)/t16-,19-,20-,25-,49?/m1/s1. The van der Waals surface area contributed by atoms with Crippen molar-refractivity contribution in [1.29, 1.82) is 5.26 Å². The molecule has 1 fully saturated rings. The van der Waals surface area contributed by atoms with Gasteiger partial charge in [0.05, 0.1) is 44.8 Å². The second-order valence-corrected chi connectivity index (χ2v) is 14.7. The minimum Gasteiger partial charge on any atom is -0.388 e. The van der Waals surface area contributed by atoms with Gasteiger partial charge in [0.25, 0.3) is 5.56 Å². The Balaban J connectivity index is 1.37. The molecule has 0 bridgehead atoms. The molecule has 4 aromatic rings. The van der Waals surface area contributed by atoms with Gasteiger partial charge in [0.15, 0.2) is 23.0 Å². The van der Waals surface area contributed by atoms with E-state index in [-0.39, 0.29) is 56.5 Å². The molecule has 0 spiro atoms. The van der Waals surface area contributed by atoms with Gasteiger partial charge in [-0.2, -0.15) is 10.2 Å². The van der Waals surface area contributed by atoms with E-state index in [2.05, 4.69) is 35.2 Å². The molecule has 1 aliphatic heterocycles. The van der Waals surface area contributed by atoms with E-state index >= 15 is 0 Å².